The molecule has 412 valence electrons. The molecule has 0 aliphatic heterocycles. The summed E-state index contributed by atoms with van der Waals surface area (Å²) >= 11 is 0. The normalized spacial score (nSPS) is 21.1. The van der Waals surface area contributed by atoms with Crippen molar-refractivity contribution in [3.05, 3.63) is 36.5 Å². The van der Waals surface area contributed by atoms with Gasteiger partial charge in [0.05, 0.1) is 13.2 Å². The maximum Gasteiger partial charge on any atom is 0.472 e. The first-order valence-corrected chi connectivity index (χ1v) is 30.3. The number of unbranched alkanes of at least 4 members (excludes halogenated alkanes) is 32. The van der Waals surface area contributed by atoms with Crippen LogP contribution < -0.4 is 0 Å². The summed E-state index contributed by atoms with van der Waals surface area (Å²) in [6.07, 6.45) is 46.4. The summed E-state index contributed by atoms with van der Waals surface area (Å²) in [5.74, 6) is -0.476. The first-order valence-electron chi connectivity index (χ1n) is 28.8. The van der Waals surface area contributed by atoms with Gasteiger partial charge in [-0.05, 0) is 70.6 Å². The summed E-state index contributed by atoms with van der Waals surface area (Å²) < 4.78 is 34.4. The third-order valence-electron chi connectivity index (χ3n) is 13.5. The fourth-order valence-corrected chi connectivity index (χ4v) is 9.89. The molecule has 1 aliphatic carbocycles. The molecule has 1 saturated carbocycles. The third-order valence-corrected chi connectivity index (χ3v) is 14.5. The van der Waals surface area contributed by atoms with Crippen LogP contribution in [-0.2, 0) is 27.9 Å². The minimum Gasteiger partial charge on any atom is -0.457 e. The highest BCUT2D eigenvalue weighted by Crippen LogP contribution is 2.47. The third kappa shape index (κ3) is 38.2. The molecule has 0 amide bonds. The largest absolute Gasteiger partial charge is 0.472 e. The van der Waals surface area contributed by atoms with E-state index in [2.05, 4.69) is 50.3 Å². The van der Waals surface area contributed by atoms with Crippen LogP contribution >= 0.6 is 7.82 Å². The van der Waals surface area contributed by atoms with Crippen molar-refractivity contribution < 1.29 is 58.3 Å². The van der Waals surface area contributed by atoms with Gasteiger partial charge in [-0.3, -0.25) is 13.8 Å². The molecule has 0 bridgehead atoms. The molecule has 6 atom stereocenters. The fourth-order valence-electron chi connectivity index (χ4n) is 8.91. The first kappa shape index (κ1) is 66.6. The van der Waals surface area contributed by atoms with E-state index in [4.69, 9.17) is 18.5 Å². The predicted octanol–water partition coefficient (Wildman–Crippen LogP) is 13.8. The summed E-state index contributed by atoms with van der Waals surface area (Å²) in [7, 11) is -5.03. The quantitative estimate of drug-likeness (QED) is 0.0146. The van der Waals surface area contributed by atoms with E-state index in [-0.39, 0.29) is 13.0 Å². The van der Waals surface area contributed by atoms with E-state index in [1.165, 1.54) is 186 Å². The van der Waals surface area contributed by atoms with Gasteiger partial charge in [0.15, 0.2) is 0 Å². The minimum atomic E-state index is -5.03. The number of carbonyl (C=O) groups is 1. The van der Waals surface area contributed by atoms with Crippen LogP contribution in [0.25, 0.3) is 0 Å². The molecule has 0 aromatic rings. The second-order valence-corrected chi connectivity index (χ2v) is 21.5. The molecule has 1 rings (SSSR count). The lowest BCUT2D eigenvalue weighted by Crippen LogP contribution is -2.64. The van der Waals surface area contributed by atoms with Crippen molar-refractivity contribution in [1.82, 2.24) is 0 Å². The number of ether oxygens (including phenoxy) is 2. The van der Waals surface area contributed by atoms with E-state index < -0.39 is 63.1 Å². The van der Waals surface area contributed by atoms with Gasteiger partial charge in [0, 0.05) is 13.0 Å². The number of hydrogen-bond donors (Lipinski definition) is 6. The number of hydrogen-bond acceptors (Lipinski definition) is 11. The molecule has 6 N–H and O–H groups in total. The Morgan fingerprint density at radius 3 is 1.21 bits per heavy atom. The van der Waals surface area contributed by atoms with Gasteiger partial charge in [-0.25, -0.2) is 4.57 Å². The van der Waals surface area contributed by atoms with Crippen LogP contribution in [0, 0.1) is 0 Å². The lowest BCUT2D eigenvalue weighted by atomic mass is 9.85. The number of carbonyl (C=O) groups excluding carboxylic acids is 1. The molecule has 70 heavy (non-hydrogen) atoms. The first-order chi connectivity index (χ1) is 34.0. The van der Waals surface area contributed by atoms with Crippen molar-refractivity contribution in [2.24, 2.45) is 0 Å². The topological polar surface area (TPSA) is 192 Å². The molecule has 0 aromatic carbocycles. The Morgan fingerprint density at radius 1 is 0.457 bits per heavy atom. The van der Waals surface area contributed by atoms with Gasteiger partial charge in [-0.15, -0.1) is 0 Å². The monoisotopic (exact) mass is 1010 g/mol. The summed E-state index contributed by atoms with van der Waals surface area (Å²) in [4.78, 5) is 23.3. The van der Waals surface area contributed by atoms with Gasteiger partial charge in [0.2, 0.25) is 0 Å². The Hall–Kier alpha value is -1.44. The van der Waals surface area contributed by atoms with Crippen molar-refractivity contribution in [2.45, 2.75) is 301 Å². The highest BCUT2D eigenvalue weighted by Gasteiger charge is 2.51. The van der Waals surface area contributed by atoms with Crippen LogP contribution in [0.2, 0.25) is 0 Å². The van der Waals surface area contributed by atoms with Gasteiger partial charge in [-0.1, -0.05) is 217 Å². The average molecular weight is 1020 g/mol. The second-order valence-electron chi connectivity index (χ2n) is 20.1. The number of rotatable bonds is 50. The Labute approximate surface area is 427 Å². The van der Waals surface area contributed by atoms with Gasteiger partial charge in [0.1, 0.15) is 42.7 Å². The van der Waals surface area contributed by atoms with Crippen LogP contribution in [0.5, 0.6) is 0 Å². The summed E-state index contributed by atoms with van der Waals surface area (Å²) in [6, 6.07) is 0. The molecule has 0 heterocycles. The van der Waals surface area contributed by atoms with Crippen molar-refractivity contribution in [3.63, 3.8) is 0 Å². The van der Waals surface area contributed by atoms with E-state index in [0.29, 0.717) is 13.0 Å². The van der Waals surface area contributed by atoms with Crippen LogP contribution in [0.4, 0.5) is 0 Å². The number of esters is 1. The van der Waals surface area contributed by atoms with E-state index in [0.717, 1.165) is 44.9 Å². The van der Waals surface area contributed by atoms with Crippen molar-refractivity contribution in [2.75, 3.05) is 19.8 Å². The molecule has 1 fully saturated rings. The highest BCUT2D eigenvalue weighted by molar-refractivity contribution is 7.47. The van der Waals surface area contributed by atoms with Crippen LogP contribution in [-0.4, -0.2) is 98.9 Å². The minimum absolute atomic E-state index is 0.0762. The SMILES string of the molecule is CCCCCCC/C=C\C/C=C\CCCCCCCCCCCCCCOCC(COP(=O)(O)OC1C(O)C(O)C(O)C(O)C1O)OC(=O)CCCCCCCCCCC/C=C\CCCCCCCC. The Morgan fingerprint density at radius 2 is 0.800 bits per heavy atom. The molecular weight excluding hydrogens is 908 g/mol. The Bertz CT molecular complexity index is 1300. The molecule has 1 aliphatic rings. The van der Waals surface area contributed by atoms with Gasteiger partial charge >= 0.3 is 13.8 Å². The molecule has 0 radical (unpaired) electrons. The van der Waals surface area contributed by atoms with E-state index in [1.807, 2.05) is 0 Å². The number of phosphoric ester groups is 1. The van der Waals surface area contributed by atoms with Crippen molar-refractivity contribution in [3.8, 4) is 0 Å². The lowest BCUT2D eigenvalue weighted by Gasteiger charge is -2.41. The van der Waals surface area contributed by atoms with Crippen molar-refractivity contribution >= 4 is 13.8 Å². The molecule has 0 saturated heterocycles. The molecule has 0 spiro atoms. The van der Waals surface area contributed by atoms with Crippen molar-refractivity contribution in [1.29, 1.82) is 0 Å². The molecule has 13 heteroatoms. The Kier molecular flexibility index (Phi) is 45.0. The molecule has 0 aromatic heterocycles. The average Bonchev–Trinajstić information content (AvgIpc) is 3.35. The number of aliphatic hydroxyl groups excluding tert-OH is 5. The number of phosphoric acid groups is 1. The van der Waals surface area contributed by atoms with Gasteiger partial charge in [-0.2, -0.15) is 0 Å². The van der Waals surface area contributed by atoms with Crippen LogP contribution in [0.3, 0.4) is 0 Å². The zero-order valence-corrected chi connectivity index (χ0v) is 45.5. The van der Waals surface area contributed by atoms with Crippen LogP contribution in [0.15, 0.2) is 36.5 Å². The standard InChI is InChI=1S/C57H107O12P/c1-3-5-7-9-11-13-15-17-19-21-23-24-25-26-27-29-31-33-35-37-39-41-43-45-47-66-48-50(49-67-70(64,65)69-57-55(62)53(60)52(59)54(61)56(57)63)68-51(58)46-44-42-40-38-36-34-32-30-28-22-20-18-16-14-12-10-8-6-4-2/h15,17-18,20-21,23,50,52-57,59-63H,3-14,16,19,22,24-49H2,1-2H3,(H,64,65)/b17-15-,20-18-,23-21-. The maximum atomic E-state index is 12.9. The van der Waals surface area contributed by atoms with Crippen LogP contribution in [0.1, 0.15) is 258 Å². The summed E-state index contributed by atoms with van der Waals surface area (Å²) in [5.41, 5.74) is 0. The zero-order chi connectivity index (χ0) is 51.2. The van der Waals surface area contributed by atoms with Gasteiger partial charge < -0.3 is 39.9 Å². The maximum absolute atomic E-state index is 12.9. The van der Waals surface area contributed by atoms with E-state index in [1.54, 1.807) is 0 Å². The smallest absolute Gasteiger partial charge is 0.457 e. The van der Waals surface area contributed by atoms with E-state index >= 15 is 0 Å². The summed E-state index contributed by atoms with van der Waals surface area (Å²) in [6.45, 7) is 4.29. The fraction of sp³-hybridized carbons (Fsp3) is 0.877. The van der Waals surface area contributed by atoms with E-state index in [9.17, 15) is 39.8 Å². The van der Waals surface area contributed by atoms with Gasteiger partial charge in [0.25, 0.3) is 0 Å². The highest BCUT2D eigenvalue weighted by atomic mass is 31.2. The predicted molar refractivity (Wildman–Crippen MR) is 286 cm³/mol. The number of aliphatic hydroxyl groups is 5. The molecule has 12 nitrogen and oxygen atoms in total. The summed E-state index contributed by atoms with van der Waals surface area (Å²) in [5, 5.41) is 50.4. The Balaban J connectivity index is 2.28. The lowest BCUT2D eigenvalue weighted by molar-refractivity contribution is -0.220. The molecule has 6 unspecified atom stereocenters. The zero-order valence-electron chi connectivity index (χ0n) is 44.6. The second kappa shape index (κ2) is 47.3. The number of allylic oxidation sites excluding steroid dienone is 6. The molecular formula is C57H107O12P.